The third-order valence-electron chi connectivity index (χ3n) is 4.72. The van der Waals surface area contributed by atoms with Crippen molar-refractivity contribution in [3.8, 4) is 11.8 Å². The molecule has 0 unspecified atom stereocenters. The van der Waals surface area contributed by atoms with Crippen molar-refractivity contribution < 1.29 is 18.8 Å². The zero-order valence-electron chi connectivity index (χ0n) is 17.7. The number of ether oxygens (including phenoxy) is 1. The van der Waals surface area contributed by atoms with Crippen molar-refractivity contribution in [2.45, 2.75) is 13.3 Å². The van der Waals surface area contributed by atoms with Crippen molar-refractivity contribution in [1.29, 1.82) is 5.26 Å². The van der Waals surface area contributed by atoms with E-state index in [4.69, 9.17) is 4.74 Å². The van der Waals surface area contributed by atoms with Crippen molar-refractivity contribution in [2.24, 2.45) is 0 Å². The molecule has 0 aliphatic rings. The first-order chi connectivity index (χ1) is 15.9. The summed E-state index contributed by atoms with van der Waals surface area (Å²) in [5.41, 5.74) is 1.66. The Morgan fingerprint density at radius 3 is 2.64 bits per heavy atom. The summed E-state index contributed by atoms with van der Waals surface area (Å²) in [4.78, 5) is 22.9. The molecule has 0 saturated carbocycles. The summed E-state index contributed by atoms with van der Waals surface area (Å²) >= 11 is 0. The molecule has 0 radical (unpaired) electrons. The molecule has 0 aliphatic heterocycles. The Kier molecular flexibility index (Phi) is 7.50. The first-order valence-corrected chi connectivity index (χ1v) is 10.1. The summed E-state index contributed by atoms with van der Waals surface area (Å²) < 4.78 is 19.8. The lowest BCUT2D eigenvalue weighted by atomic mass is 10.0. The zero-order chi connectivity index (χ0) is 23.8. The third kappa shape index (κ3) is 6.02. The molecule has 0 spiro atoms. The number of benzene rings is 3. The standard InChI is InChI=1S/C25H20FN3O4/c1-2-33-24-13-17(10-11-19(24)14-18-6-3-4-9-23(18)26)12-20(16-27)25(30)28-21-7-5-8-22(15-21)29(31)32/h3-13,15H,2,14H2,1H3,(H,28,30)/b20-12+. The van der Waals surface area contributed by atoms with E-state index in [2.05, 4.69) is 5.32 Å². The van der Waals surface area contributed by atoms with Crippen LogP contribution in [-0.2, 0) is 11.2 Å². The molecule has 1 N–H and O–H groups in total. The van der Waals surface area contributed by atoms with E-state index in [1.807, 2.05) is 13.0 Å². The quantitative estimate of drug-likeness (QED) is 0.220. The van der Waals surface area contributed by atoms with Gasteiger partial charge in [-0.25, -0.2) is 4.39 Å². The number of hydrogen-bond acceptors (Lipinski definition) is 5. The molecule has 7 nitrogen and oxygen atoms in total. The predicted octanol–water partition coefficient (Wildman–Crippen LogP) is 5.27. The lowest BCUT2D eigenvalue weighted by Gasteiger charge is -2.12. The van der Waals surface area contributed by atoms with Gasteiger partial charge in [0.2, 0.25) is 0 Å². The summed E-state index contributed by atoms with van der Waals surface area (Å²) in [5, 5.41) is 22.9. The van der Waals surface area contributed by atoms with E-state index < -0.39 is 10.8 Å². The largest absolute Gasteiger partial charge is 0.494 e. The molecular weight excluding hydrogens is 425 g/mol. The number of nitriles is 1. The molecule has 8 heteroatoms. The van der Waals surface area contributed by atoms with Gasteiger partial charge in [-0.15, -0.1) is 0 Å². The van der Waals surface area contributed by atoms with Gasteiger partial charge >= 0.3 is 0 Å². The number of halogens is 1. The van der Waals surface area contributed by atoms with Crippen LogP contribution in [0, 0.1) is 27.3 Å². The van der Waals surface area contributed by atoms with Gasteiger partial charge in [-0.2, -0.15) is 5.26 Å². The normalized spacial score (nSPS) is 10.9. The van der Waals surface area contributed by atoms with Crippen LogP contribution in [0.5, 0.6) is 5.75 Å². The highest BCUT2D eigenvalue weighted by Crippen LogP contribution is 2.26. The zero-order valence-corrected chi connectivity index (χ0v) is 17.7. The molecule has 3 aromatic rings. The molecule has 3 aromatic carbocycles. The number of nitro groups is 1. The van der Waals surface area contributed by atoms with E-state index in [1.165, 1.54) is 36.4 Å². The first-order valence-electron chi connectivity index (χ1n) is 10.1. The first kappa shape index (κ1) is 23.2. The van der Waals surface area contributed by atoms with E-state index >= 15 is 0 Å². The number of rotatable bonds is 8. The SMILES string of the molecule is CCOc1cc(/C=C(\C#N)C(=O)Nc2cccc([N+](=O)[O-])c2)ccc1Cc1ccccc1F. The van der Waals surface area contributed by atoms with Crippen LogP contribution in [-0.4, -0.2) is 17.4 Å². The van der Waals surface area contributed by atoms with Crippen molar-refractivity contribution in [3.63, 3.8) is 0 Å². The number of carbonyl (C=O) groups is 1. The van der Waals surface area contributed by atoms with Crippen molar-refractivity contribution in [2.75, 3.05) is 11.9 Å². The van der Waals surface area contributed by atoms with Crippen LogP contribution in [0.3, 0.4) is 0 Å². The molecule has 0 bridgehead atoms. The number of amides is 1. The van der Waals surface area contributed by atoms with E-state index in [0.717, 1.165) is 5.56 Å². The summed E-state index contributed by atoms with van der Waals surface area (Å²) in [6.45, 7) is 2.21. The van der Waals surface area contributed by atoms with Gasteiger partial charge in [0.05, 0.1) is 11.5 Å². The molecule has 166 valence electrons. The molecule has 0 heterocycles. The van der Waals surface area contributed by atoms with Crippen LogP contribution in [0.2, 0.25) is 0 Å². The minimum absolute atomic E-state index is 0.179. The number of nitro benzene ring substituents is 1. The highest BCUT2D eigenvalue weighted by Gasteiger charge is 2.14. The minimum atomic E-state index is -0.702. The molecule has 0 atom stereocenters. The summed E-state index contributed by atoms with van der Waals surface area (Å²) in [6.07, 6.45) is 1.71. The average molecular weight is 445 g/mol. The number of hydrogen-bond donors (Lipinski definition) is 1. The topological polar surface area (TPSA) is 105 Å². The Morgan fingerprint density at radius 2 is 1.94 bits per heavy atom. The Balaban J connectivity index is 1.85. The Morgan fingerprint density at radius 1 is 1.15 bits per heavy atom. The van der Waals surface area contributed by atoms with Crippen LogP contribution in [0.15, 0.2) is 72.3 Å². The average Bonchev–Trinajstić information content (AvgIpc) is 2.80. The van der Waals surface area contributed by atoms with Gasteiger partial charge in [0.15, 0.2) is 0 Å². The second kappa shape index (κ2) is 10.7. The predicted molar refractivity (Wildman–Crippen MR) is 122 cm³/mol. The van der Waals surface area contributed by atoms with Gasteiger partial charge in [0.1, 0.15) is 23.2 Å². The smallest absolute Gasteiger partial charge is 0.271 e. The third-order valence-corrected chi connectivity index (χ3v) is 4.72. The number of anilines is 1. The lowest BCUT2D eigenvalue weighted by molar-refractivity contribution is -0.384. The monoisotopic (exact) mass is 445 g/mol. The summed E-state index contributed by atoms with van der Waals surface area (Å²) in [7, 11) is 0. The second-order valence-electron chi connectivity index (χ2n) is 7.00. The Labute approximate surface area is 189 Å². The molecule has 0 saturated heterocycles. The fourth-order valence-electron chi connectivity index (χ4n) is 3.15. The van der Waals surface area contributed by atoms with Crippen LogP contribution in [0.1, 0.15) is 23.6 Å². The van der Waals surface area contributed by atoms with E-state index in [1.54, 1.807) is 36.4 Å². The van der Waals surface area contributed by atoms with Gasteiger partial charge in [-0.3, -0.25) is 14.9 Å². The second-order valence-corrected chi connectivity index (χ2v) is 7.00. The molecule has 0 fully saturated rings. The number of non-ortho nitro benzene ring substituents is 1. The van der Waals surface area contributed by atoms with Crippen molar-refractivity contribution >= 4 is 23.4 Å². The van der Waals surface area contributed by atoms with Gasteiger partial charge in [0.25, 0.3) is 11.6 Å². The fourth-order valence-corrected chi connectivity index (χ4v) is 3.15. The Hall–Kier alpha value is -4.51. The lowest BCUT2D eigenvalue weighted by Crippen LogP contribution is -2.13. The number of nitrogens with one attached hydrogen (secondary N) is 1. The van der Waals surface area contributed by atoms with Gasteiger partial charge < -0.3 is 10.1 Å². The van der Waals surface area contributed by atoms with Gasteiger partial charge in [-0.05, 0) is 47.9 Å². The maximum atomic E-state index is 14.1. The van der Waals surface area contributed by atoms with E-state index in [0.29, 0.717) is 29.9 Å². The minimum Gasteiger partial charge on any atom is -0.494 e. The van der Waals surface area contributed by atoms with Gasteiger partial charge in [0, 0.05) is 24.2 Å². The maximum Gasteiger partial charge on any atom is 0.271 e. The summed E-state index contributed by atoms with van der Waals surface area (Å²) in [5.74, 6) is -0.495. The fraction of sp³-hybridized carbons (Fsp3) is 0.120. The molecule has 33 heavy (non-hydrogen) atoms. The summed E-state index contributed by atoms with van der Waals surface area (Å²) in [6, 6.07) is 18.9. The molecule has 1 amide bonds. The Bertz CT molecular complexity index is 1260. The molecule has 0 aliphatic carbocycles. The highest BCUT2D eigenvalue weighted by molar-refractivity contribution is 6.09. The van der Waals surface area contributed by atoms with Gasteiger partial charge in [-0.1, -0.05) is 36.4 Å². The van der Waals surface area contributed by atoms with Crippen LogP contribution in [0.25, 0.3) is 6.08 Å². The van der Waals surface area contributed by atoms with Crippen molar-refractivity contribution in [3.05, 3.63) is 105 Å². The van der Waals surface area contributed by atoms with Crippen LogP contribution >= 0.6 is 0 Å². The van der Waals surface area contributed by atoms with E-state index in [-0.39, 0.29) is 22.8 Å². The van der Waals surface area contributed by atoms with Crippen molar-refractivity contribution in [1.82, 2.24) is 0 Å². The highest BCUT2D eigenvalue weighted by atomic mass is 19.1. The van der Waals surface area contributed by atoms with Crippen LogP contribution < -0.4 is 10.1 Å². The maximum absolute atomic E-state index is 14.1. The number of nitrogens with zero attached hydrogens (tertiary/aromatic N) is 2. The molecule has 3 rings (SSSR count). The van der Waals surface area contributed by atoms with Crippen LogP contribution in [0.4, 0.5) is 15.8 Å². The van der Waals surface area contributed by atoms with E-state index in [9.17, 15) is 24.6 Å². The molecule has 0 aromatic heterocycles. The molecular formula is C25H20FN3O4. The number of carbonyl (C=O) groups excluding carboxylic acids is 1.